The average molecular weight is 257 g/mol. The van der Waals surface area contributed by atoms with E-state index in [2.05, 4.69) is 5.10 Å². The van der Waals surface area contributed by atoms with E-state index >= 15 is 0 Å². The zero-order chi connectivity index (χ0) is 13.2. The van der Waals surface area contributed by atoms with Crippen molar-refractivity contribution >= 4 is 17.7 Å². The van der Waals surface area contributed by atoms with Crippen molar-refractivity contribution in [2.75, 3.05) is 0 Å². The van der Waals surface area contributed by atoms with Crippen LogP contribution in [-0.4, -0.2) is 31.6 Å². The van der Waals surface area contributed by atoms with Crippen molar-refractivity contribution in [3.8, 4) is 0 Å². The summed E-state index contributed by atoms with van der Waals surface area (Å²) < 4.78 is 1.80. The number of aromatic nitrogens is 2. The van der Waals surface area contributed by atoms with E-state index in [9.17, 15) is 4.79 Å². The Bertz CT molecular complexity index is 415. The molecule has 0 aliphatic heterocycles. The van der Waals surface area contributed by atoms with Crippen LogP contribution in [0.5, 0.6) is 0 Å². The van der Waals surface area contributed by atoms with Gasteiger partial charge in [0.2, 0.25) is 0 Å². The van der Waals surface area contributed by atoms with E-state index in [4.69, 9.17) is 10.8 Å². The average Bonchev–Trinajstić information content (AvgIpc) is 2.43. The second-order valence-electron chi connectivity index (χ2n) is 4.60. The Kier molecular flexibility index (Phi) is 4.21. The molecule has 96 valence electrons. The molecule has 6 heteroatoms. The number of hydrogen-bond acceptors (Lipinski definition) is 4. The fourth-order valence-electron chi connectivity index (χ4n) is 1.63. The highest BCUT2D eigenvalue weighted by molar-refractivity contribution is 7.99. The Balaban J connectivity index is 2.64. The number of nitrogens with zero attached hydrogens (tertiary/aromatic N) is 2. The first-order valence-electron chi connectivity index (χ1n) is 5.42. The standard InChI is InChI=1S/C11H19N3O2S/c1-7-5-9(14(4)13-7)17-8(2)6-11(3,12)10(15)16/h5,8H,6,12H2,1-4H3,(H,15,16). The summed E-state index contributed by atoms with van der Waals surface area (Å²) in [6, 6.07) is 1.98. The molecule has 0 aromatic carbocycles. The molecule has 5 nitrogen and oxygen atoms in total. The Morgan fingerprint density at radius 1 is 1.76 bits per heavy atom. The smallest absolute Gasteiger partial charge is 0.323 e. The van der Waals surface area contributed by atoms with E-state index in [-0.39, 0.29) is 5.25 Å². The molecule has 2 unspecified atom stereocenters. The minimum atomic E-state index is -1.18. The Labute approximate surface area is 105 Å². The highest BCUT2D eigenvalue weighted by Gasteiger charge is 2.30. The van der Waals surface area contributed by atoms with Gasteiger partial charge in [-0.15, -0.1) is 11.8 Å². The van der Waals surface area contributed by atoms with Crippen LogP contribution in [0.25, 0.3) is 0 Å². The zero-order valence-corrected chi connectivity index (χ0v) is 11.4. The highest BCUT2D eigenvalue weighted by Crippen LogP contribution is 2.28. The lowest BCUT2D eigenvalue weighted by Gasteiger charge is -2.22. The van der Waals surface area contributed by atoms with E-state index in [1.54, 1.807) is 23.4 Å². The van der Waals surface area contributed by atoms with Gasteiger partial charge in [-0.05, 0) is 26.3 Å². The first kappa shape index (κ1) is 14.1. The van der Waals surface area contributed by atoms with Gasteiger partial charge in [0, 0.05) is 12.3 Å². The largest absolute Gasteiger partial charge is 0.480 e. The van der Waals surface area contributed by atoms with E-state index < -0.39 is 11.5 Å². The van der Waals surface area contributed by atoms with Crippen molar-refractivity contribution in [2.45, 2.75) is 43.0 Å². The van der Waals surface area contributed by atoms with Gasteiger partial charge in [-0.3, -0.25) is 9.48 Å². The number of rotatable bonds is 5. The van der Waals surface area contributed by atoms with Crippen LogP contribution in [0.2, 0.25) is 0 Å². The predicted octanol–water partition coefficient (Wildman–Crippen LogP) is 1.40. The monoisotopic (exact) mass is 257 g/mol. The Morgan fingerprint density at radius 3 is 2.76 bits per heavy atom. The van der Waals surface area contributed by atoms with Gasteiger partial charge >= 0.3 is 5.97 Å². The number of carboxylic acid groups (broad SMARTS) is 1. The number of thioether (sulfide) groups is 1. The van der Waals surface area contributed by atoms with E-state index in [1.807, 2.05) is 27.0 Å². The van der Waals surface area contributed by atoms with Gasteiger partial charge in [0.1, 0.15) is 5.54 Å². The summed E-state index contributed by atoms with van der Waals surface area (Å²) in [6.45, 7) is 5.45. The van der Waals surface area contributed by atoms with Crippen molar-refractivity contribution in [3.63, 3.8) is 0 Å². The van der Waals surface area contributed by atoms with Gasteiger partial charge in [-0.25, -0.2) is 0 Å². The van der Waals surface area contributed by atoms with Crippen molar-refractivity contribution in [1.82, 2.24) is 9.78 Å². The number of carbonyl (C=O) groups is 1. The molecular formula is C11H19N3O2S. The summed E-state index contributed by atoms with van der Waals surface area (Å²) in [4.78, 5) is 10.9. The molecule has 3 N–H and O–H groups in total. The van der Waals surface area contributed by atoms with Gasteiger partial charge in [0.05, 0.1) is 10.7 Å². The van der Waals surface area contributed by atoms with Gasteiger partial charge < -0.3 is 10.8 Å². The van der Waals surface area contributed by atoms with E-state index in [0.717, 1.165) is 10.7 Å². The quantitative estimate of drug-likeness (QED) is 0.779. The second kappa shape index (κ2) is 5.10. The fraction of sp³-hybridized carbons (Fsp3) is 0.636. The highest BCUT2D eigenvalue weighted by atomic mass is 32.2. The van der Waals surface area contributed by atoms with Gasteiger partial charge in [0.15, 0.2) is 0 Å². The van der Waals surface area contributed by atoms with Crippen LogP contribution >= 0.6 is 11.8 Å². The van der Waals surface area contributed by atoms with Gasteiger partial charge in [-0.2, -0.15) is 5.10 Å². The van der Waals surface area contributed by atoms with Crippen LogP contribution in [0.1, 0.15) is 26.0 Å². The van der Waals surface area contributed by atoms with Crippen molar-refractivity contribution in [2.24, 2.45) is 12.8 Å². The van der Waals surface area contributed by atoms with Gasteiger partial charge in [-0.1, -0.05) is 6.92 Å². The molecule has 0 aliphatic rings. The number of aliphatic carboxylic acids is 1. The summed E-state index contributed by atoms with van der Waals surface area (Å²) in [7, 11) is 1.88. The maximum atomic E-state index is 10.9. The molecule has 17 heavy (non-hydrogen) atoms. The third kappa shape index (κ3) is 3.74. The minimum absolute atomic E-state index is 0.121. The van der Waals surface area contributed by atoms with Crippen LogP contribution in [0, 0.1) is 6.92 Å². The maximum absolute atomic E-state index is 10.9. The minimum Gasteiger partial charge on any atom is -0.480 e. The molecule has 1 heterocycles. The van der Waals surface area contributed by atoms with E-state index in [0.29, 0.717) is 6.42 Å². The summed E-state index contributed by atoms with van der Waals surface area (Å²) >= 11 is 1.59. The molecule has 1 aromatic rings. The Hall–Kier alpha value is -1.01. The molecule has 0 saturated carbocycles. The number of hydrogen-bond donors (Lipinski definition) is 2. The first-order chi connectivity index (χ1) is 7.72. The number of aryl methyl sites for hydroxylation is 2. The third-order valence-corrected chi connectivity index (χ3v) is 3.67. The number of nitrogens with two attached hydrogens (primary N) is 1. The lowest BCUT2D eigenvalue weighted by molar-refractivity contribution is -0.142. The SMILES string of the molecule is Cc1cc(SC(C)CC(C)(N)C(=O)O)n(C)n1. The molecule has 1 aromatic heterocycles. The first-order valence-corrected chi connectivity index (χ1v) is 6.30. The topological polar surface area (TPSA) is 81.1 Å². The van der Waals surface area contributed by atoms with Crippen molar-refractivity contribution < 1.29 is 9.90 Å². The van der Waals surface area contributed by atoms with Crippen LogP contribution in [-0.2, 0) is 11.8 Å². The van der Waals surface area contributed by atoms with Crippen molar-refractivity contribution in [3.05, 3.63) is 11.8 Å². The fourth-order valence-corrected chi connectivity index (χ4v) is 2.90. The van der Waals surface area contributed by atoms with Crippen LogP contribution in [0.15, 0.2) is 11.1 Å². The summed E-state index contributed by atoms with van der Waals surface area (Å²) in [6.07, 6.45) is 0.414. The third-order valence-electron chi connectivity index (χ3n) is 2.48. The molecule has 0 spiro atoms. The second-order valence-corrected chi connectivity index (χ2v) is 6.06. The molecule has 0 radical (unpaired) electrons. The molecule has 2 atom stereocenters. The van der Waals surface area contributed by atoms with Crippen LogP contribution < -0.4 is 5.73 Å². The lowest BCUT2D eigenvalue weighted by Crippen LogP contribution is -2.46. The summed E-state index contributed by atoms with van der Waals surface area (Å²) in [5, 5.41) is 14.4. The Morgan fingerprint density at radius 2 is 2.35 bits per heavy atom. The molecular weight excluding hydrogens is 238 g/mol. The molecule has 0 saturated heterocycles. The van der Waals surface area contributed by atoms with Crippen LogP contribution in [0.3, 0.4) is 0 Å². The van der Waals surface area contributed by atoms with E-state index in [1.165, 1.54) is 0 Å². The summed E-state index contributed by atoms with van der Waals surface area (Å²) in [5.74, 6) is -0.967. The molecule has 0 bridgehead atoms. The summed E-state index contributed by atoms with van der Waals surface area (Å²) in [5.41, 5.74) is 5.50. The maximum Gasteiger partial charge on any atom is 0.323 e. The zero-order valence-electron chi connectivity index (χ0n) is 10.6. The number of carboxylic acids is 1. The predicted molar refractivity (Wildman–Crippen MR) is 68.1 cm³/mol. The van der Waals surface area contributed by atoms with Crippen molar-refractivity contribution in [1.29, 1.82) is 0 Å². The molecule has 0 aliphatic carbocycles. The normalized spacial score (nSPS) is 16.5. The molecule has 1 rings (SSSR count). The van der Waals surface area contributed by atoms with Crippen LogP contribution in [0.4, 0.5) is 0 Å². The molecule has 0 amide bonds. The lowest BCUT2D eigenvalue weighted by atomic mass is 9.98. The van der Waals surface area contributed by atoms with Gasteiger partial charge in [0.25, 0.3) is 0 Å². The molecule has 0 fully saturated rings.